The number of hydrogen-bond donors (Lipinski definition) is 1. The molecule has 1 aromatic heterocycles. The smallest absolute Gasteiger partial charge is 0.230 e. The lowest BCUT2D eigenvalue weighted by Crippen LogP contribution is -2.23. The molecular formula is C10H16N4OS. The highest BCUT2D eigenvalue weighted by atomic mass is 32.2. The van der Waals surface area contributed by atoms with Crippen molar-refractivity contribution in [2.45, 2.75) is 49.6 Å². The van der Waals surface area contributed by atoms with Crippen molar-refractivity contribution in [3.63, 3.8) is 0 Å². The third-order valence-corrected chi connectivity index (χ3v) is 3.86. The number of nitrogens with two attached hydrogens (primary N) is 1. The van der Waals surface area contributed by atoms with Gasteiger partial charge in [0.05, 0.1) is 5.25 Å². The molecule has 6 heteroatoms. The third kappa shape index (κ3) is 2.37. The maximum atomic E-state index is 11.0. The molecule has 0 bridgehead atoms. The van der Waals surface area contributed by atoms with Crippen molar-refractivity contribution in [1.29, 1.82) is 0 Å². The predicted molar refractivity (Wildman–Crippen MR) is 62.1 cm³/mol. The zero-order valence-corrected chi connectivity index (χ0v) is 10.2. The third-order valence-electron chi connectivity index (χ3n) is 2.76. The molecule has 0 saturated heterocycles. The number of thioether (sulfide) groups is 1. The van der Waals surface area contributed by atoms with E-state index >= 15 is 0 Å². The molecule has 1 atom stereocenters. The summed E-state index contributed by atoms with van der Waals surface area (Å²) in [5, 5.41) is 8.87. The Labute approximate surface area is 98.8 Å². The van der Waals surface area contributed by atoms with Crippen LogP contribution in [0.25, 0.3) is 0 Å². The number of aryl methyl sites for hydroxylation is 1. The molecule has 0 saturated carbocycles. The number of rotatable bonds is 3. The summed E-state index contributed by atoms with van der Waals surface area (Å²) in [6.45, 7) is 2.75. The molecule has 5 nitrogen and oxygen atoms in total. The minimum absolute atomic E-state index is 0.253. The van der Waals surface area contributed by atoms with Gasteiger partial charge >= 0.3 is 0 Å². The predicted octanol–water partition coefficient (Wildman–Crippen LogP) is 0.970. The van der Waals surface area contributed by atoms with E-state index in [4.69, 9.17) is 5.73 Å². The summed E-state index contributed by atoms with van der Waals surface area (Å²) in [6, 6.07) is 0. The van der Waals surface area contributed by atoms with Gasteiger partial charge in [-0.3, -0.25) is 4.79 Å². The van der Waals surface area contributed by atoms with Gasteiger partial charge in [0.2, 0.25) is 5.91 Å². The first-order valence-corrected chi connectivity index (χ1v) is 6.44. The molecule has 2 heterocycles. The Kier molecular flexibility index (Phi) is 3.48. The Morgan fingerprint density at radius 3 is 3.00 bits per heavy atom. The van der Waals surface area contributed by atoms with Crippen molar-refractivity contribution in [2.75, 3.05) is 0 Å². The molecule has 0 aromatic carbocycles. The molecule has 0 radical (unpaired) electrons. The second-order valence-electron chi connectivity index (χ2n) is 4.02. The Hall–Kier alpha value is -1.04. The molecule has 2 rings (SSSR count). The second kappa shape index (κ2) is 4.86. The van der Waals surface area contributed by atoms with Gasteiger partial charge in [0, 0.05) is 13.0 Å². The number of fused-ring (bicyclic) bond motifs is 1. The number of carbonyl (C=O) groups excluding carboxylic acids is 1. The Morgan fingerprint density at radius 1 is 1.44 bits per heavy atom. The summed E-state index contributed by atoms with van der Waals surface area (Å²) in [4.78, 5) is 11.0. The summed E-state index contributed by atoms with van der Waals surface area (Å²) in [5.74, 6) is 0.729. The summed E-state index contributed by atoms with van der Waals surface area (Å²) < 4.78 is 2.12. The van der Waals surface area contributed by atoms with E-state index in [-0.39, 0.29) is 11.2 Å². The van der Waals surface area contributed by atoms with Crippen LogP contribution >= 0.6 is 11.8 Å². The monoisotopic (exact) mass is 240 g/mol. The van der Waals surface area contributed by atoms with Crippen LogP contribution in [0.4, 0.5) is 0 Å². The van der Waals surface area contributed by atoms with Gasteiger partial charge in [0.15, 0.2) is 5.16 Å². The Morgan fingerprint density at radius 2 is 2.25 bits per heavy atom. The zero-order chi connectivity index (χ0) is 11.5. The number of aromatic nitrogens is 3. The average Bonchev–Trinajstić information content (AvgIpc) is 2.50. The zero-order valence-electron chi connectivity index (χ0n) is 9.35. The average molecular weight is 240 g/mol. The van der Waals surface area contributed by atoms with Crippen molar-refractivity contribution >= 4 is 17.7 Å². The number of nitrogens with zero attached hydrogens (tertiary/aromatic N) is 3. The molecule has 2 N–H and O–H groups in total. The lowest BCUT2D eigenvalue weighted by atomic mass is 10.2. The maximum Gasteiger partial charge on any atom is 0.230 e. The van der Waals surface area contributed by atoms with Crippen LogP contribution in [0.3, 0.4) is 0 Å². The van der Waals surface area contributed by atoms with Crippen LogP contribution in [0.1, 0.15) is 32.0 Å². The van der Waals surface area contributed by atoms with Gasteiger partial charge in [-0.1, -0.05) is 18.2 Å². The van der Waals surface area contributed by atoms with E-state index in [1.807, 2.05) is 0 Å². The molecule has 1 aliphatic rings. The van der Waals surface area contributed by atoms with Gasteiger partial charge in [0.25, 0.3) is 0 Å². The first-order chi connectivity index (χ1) is 7.68. The molecule has 1 amide bonds. The molecule has 88 valence electrons. The summed E-state index contributed by atoms with van der Waals surface area (Å²) >= 11 is 1.40. The van der Waals surface area contributed by atoms with Gasteiger partial charge in [-0.2, -0.15) is 0 Å². The first kappa shape index (κ1) is 11.4. The van der Waals surface area contributed by atoms with Crippen LogP contribution in [-0.2, 0) is 17.8 Å². The molecule has 0 aliphatic carbocycles. The van der Waals surface area contributed by atoms with Gasteiger partial charge < -0.3 is 10.3 Å². The Bertz CT molecular complexity index is 390. The molecule has 1 aromatic rings. The van der Waals surface area contributed by atoms with E-state index in [0.29, 0.717) is 0 Å². The first-order valence-electron chi connectivity index (χ1n) is 5.56. The Balaban J connectivity index is 2.16. The fraction of sp³-hybridized carbons (Fsp3) is 0.700. The van der Waals surface area contributed by atoms with E-state index < -0.39 is 0 Å². The fourth-order valence-corrected chi connectivity index (χ4v) is 2.61. The standard InChI is InChI=1S/C10H16N4OS/c1-7(9(11)15)16-10-13-12-8-5-3-2-4-6-14(8)10/h7H,2-6H2,1H3,(H2,11,15). The van der Waals surface area contributed by atoms with Crippen LogP contribution in [0.15, 0.2) is 5.16 Å². The van der Waals surface area contributed by atoms with Crippen molar-refractivity contribution in [1.82, 2.24) is 14.8 Å². The van der Waals surface area contributed by atoms with Crippen molar-refractivity contribution in [3.05, 3.63) is 5.82 Å². The number of primary amides is 1. The van der Waals surface area contributed by atoms with E-state index in [1.165, 1.54) is 24.6 Å². The molecule has 0 fully saturated rings. The van der Waals surface area contributed by atoms with Crippen molar-refractivity contribution in [2.24, 2.45) is 5.73 Å². The number of carbonyl (C=O) groups is 1. The largest absolute Gasteiger partial charge is 0.369 e. The number of amides is 1. The van der Waals surface area contributed by atoms with Crippen molar-refractivity contribution in [3.8, 4) is 0 Å². The van der Waals surface area contributed by atoms with Gasteiger partial charge in [-0.05, 0) is 19.8 Å². The van der Waals surface area contributed by atoms with Crippen LogP contribution in [0, 0.1) is 0 Å². The van der Waals surface area contributed by atoms with Crippen molar-refractivity contribution < 1.29 is 4.79 Å². The minimum atomic E-state index is -0.309. The fourth-order valence-electron chi connectivity index (χ4n) is 1.76. The van der Waals surface area contributed by atoms with Crippen LogP contribution in [0.2, 0.25) is 0 Å². The molecule has 16 heavy (non-hydrogen) atoms. The summed E-state index contributed by atoms with van der Waals surface area (Å²) in [6.07, 6.45) is 4.55. The highest BCUT2D eigenvalue weighted by molar-refractivity contribution is 8.00. The van der Waals surface area contributed by atoms with Gasteiger partial charge in [0.1, 0.15) is 5.82 Å². The van der Waals surface area contributed by atoms with E-state index in [1.54, 1.807) is 6.92 Å². The topological polar surface area (TPSA) is 73.8 Å². The van der Waals surface area contributed by atoms with E-state index in [2.05, 4.69) is 14.8 Å². The highest BCUT2D eigenvalue weighted by Gasteiger charge is 2.19. The lowest BCUT2D eigenvalue weighted by molar-refractivity contribution is -0.117. The highest BCUT2D eigenvalue weighted by Crippen LogP contribution is 2.24. The van der Waals surface area contributed by atoms with E-state index in [0.717, 1.165) is 30.4 Å². The molecule has 1 aliphatic heterocycles. The van der Waals surface area contributed by atoms with Gasteiger partial charge in [-0.25, -0.2) is 0 Å². The maximum absolute atomic E-state index is 11.0. The second-order valence-corrected chi connectivity index (χ2v) is 5.33. The minimum Gasteiger partial charge on any atom is -0.369 e. The van der Waals surface area contributed by atoms with Crippen LogP contribution in [0.5, 0.6) is 0 Å². The summed E-state index contributed by atoms with van der Waals surface area (Å²) in [7, 11) is 0. The molecule has 0 spiro atoms. The normalized spacial score (nSPS) is 17.6. The summed E-state index contributed by atoms with van der Waals surface area (Å²) in [5.41, 5.74) is 5.24. The molecule has 1 unspecified atom stereocenters. The van der Waals surface area contributed by atoms with Crippen LogP contribution < -0.4 is 5.73 Å². The number of hydrogen-bond acceptors (Lipinski definition) is 4. The van der Waals surface area contributed by atoms with E-state index in [9.17, 15) is 4.79 Å². The SMILES string of the molecule is CC(Sc1nnc2n1CCCCC2)C(N)=O. The quantitative estimate of drug-likeness (QED) is 0.799. The lowest BCUT2D eigenvalue weighted by Gasteiger charge is -2.08. The molecular weight excluding hydrogens is 224 g/mol. The van der Waals surface area contributed by atoms with Gasteiger partial charge in [-0.15, -0.1) is 10.2 Å². The van der Waals surface area contributed by atoms with Crippen LogP contribution in [-0.4, -0.2) is 25.9 Å².